The van der Waals surface area contributed by atoms with Crippen LogP contribution in [0.25, 0.3) is 4.96 Å². The van der Waals surface area contributed by atoms with Crippen molar-refractivity contribution < 1.29 is 9.50 Å². The maximum absolute atomic E-state index is 14.7. The van der Waals surface area contributed by atoms with Gasteiger partial charge in [0.05, 0.1) is 12.2 Å². The third-order valence-electron chi connectivity index (χ3n) is 4.82. The first kappa shape index (κ1) is 16.4. The Kier molecular flexibility index (Phi) is 3.77. The van der Waals surface area contributed by atoms with Crippen LogP contribution in [-0.4, -0.2) is 30.9 Å². The molecule has 0 aromatic carbocycles. The van der Waals surface area contributed by atoms with Gasteiger partial charge in [-0.1, -0.05) is 0 Å². The fraction of sp³-hybridized carbons (Fsp3) is 0.471. The number of fused-ring (bicyclic) bond motifs is 1. The number of hydrogen-bond donors (Lipinski definition) is 1. The van der Waals surface area contributed by atoms with Gasteiger partial charge in [0.1, 0.15) is 5.69 Å². The van der Waals surface area contributed by atoms with Gasteiger partial charge in [0.2, 0.25) is 5.82 Å². The average Bonchev–Trinajstić information content (AvgIpc) is 3.16. The minimum Gasteiger partial charge on any atom is -0.396 e. The molecule has 2 unspecified atom stereocenters. The maximum Gasteiger partial charge on any atom is 0.295 e. The molecule has 3 heterocycles. The molecule has 1 saturated carbocycles. The minimum atomic E-state index is -0.828. The van der Waals surface area contributed by atoms with E-state index in [0.717, 1.165) is 28.4 Å². The molecule has 1 N–H and O–H groups in total. The zero-order chi connectivity index (χ0) is 17.9. The molecule has 25 heavy (non-hydrogen) atoms. The molecule has 6 nitrogen and oxygen atoms in total. The van der Waals surface area contributed by atoms with Gasteiger partial charge >= 0.3 is 0 Å². The van der Waals surface area contributed by atoms with Crippen LogP contribution in [0.15, 0.2) is 10.9 Å². The number of halogens is 1. The van der Waals surface area contributed by atoms with Gasteiger partial charge < -0.3 is 5.11 Å². The third kappa shape index (κ3) is 2.60. The molecular formula is C17H19FN4O2S. The van der Waals surface area contributed by atoms with E-state index in [1.54, 1.807) is 4.68 Å². The molecule has 0 radical (unpaired) electrons. The van der Waals surface area contributed by atoms with E-state index in [9.17, 15) is 14.3 Å². The number of aromatic nitrogens is 4. The summed E-state index contributed by atoms with van der Waals surface area (Å²) in [6.07, 6.45) is 0.824. The lowest BCUT2D eigenvalue weighted by atomic mass is 10.2. The fourth-order valence-electron chi connectivity index (χ4n) is 3.44. The highest BCUT2D eigenvalue weighted by molar-refractivity contribution is 7.17. The van der Waals surface area contributed by atoms with Gasteiger partial charge in [-0.05, 0) is 39.2 Å². The quantitative estimate of drug-likeness (QED) is 0.772. The molecule has 3 aromatic rings. The molecular weight excluding hydrogens is 343 g/mol. The van der Waals surface area contributed by atoms with Crippen molar-refractivity contribution in [2.75, 3.05) is 6.61 Å². The predicted molar refractivity (Wildman–Crippen MR) is 92.8 cm³/mol. The van der Waals surface area contributed by atoms with Crippen molar-refractivity contribution in [1.29, 1.82) is 0 Å². The van der Waals surface area contributed by atoms with Crippen LogP contribution in [0.3, 0.4) is 0 Å². The normalized spacial score (nSPS) is 19.7. The van der Waals surface area contributed by atoms with E-state index in [4.69, 9.17) is 0 Å². The van der Waals surface area contributed by atoms with Crippen LogP contribution in [0.5, 0.6) is 0 Å². The first-order valence-corrected chi connectivity index (χ1v) is 9.04. The molecule has 0 aliphatic heterocycles. The van der Waals surface area contributed by atoms with Gasteiger partial charge in [-0.25, -0.2) is 4.98 Å². The summed E-state index contributed by atoms with van der Waals surface area (Å²) in [7, 11) is 0. The molecule has 0 saturated heterocycles. The van der Waals surface area contributed by atoms with Gasteiger partial charge in [-0.15, -0.1) is 11.3 Å². The van der Waals surface area contributed by atoms with Gasteiger partial charge in [-0.2, -0.15) is 9.49 Å². The Bertz CT molecular complexity index is 1040. The number of aryl methyl sites for hydroxylation is 3. The zero-order valence-electron chi connectivity index (χ0n) is 14.3. The van der Waals surface area contributed by atoms with Crippen molar-refractivity contribution in [3.63, 3.8) is 0 Å². The largest absolute Gasteiger partial charge is 0.396 e. The Labute approximate surface area is 147 Å². The number of aliphatic hydroxyl groups is 1. The van der Waals surface area contributed by atoms with Crippen LogP contribution in [0, 0.1) is 32.5 Å². The molecule has 0 amide bonds. The zero-order valence-corrected chi connectivity index (χ0v) is 15.1. The highest BCUT2D eigenvalue weighted by atomic mass is 32.1. The first-order chi connectivity index (χ1) is 11.9. The monoisotopic (exact) mass is 362 g/mol. The van der Waals surface area contributed by atoms with Crippen molar-refractivity contribution in [2.45, 2.75) is 39.7 Å². The molecule has 8 heteroatoms. The molecule has 0 bridgehead atoms. The second-order valence-electron chi connectivity index (χ2n) is 6.71. The van der Waals surface area contributed by atoms with Gasteiger partial charge in [0.25, 0.3) is 5.56 Å². The molecule has 132 valence electrons. The van der Waals surface area contributed by atoms with Crippen LogP contribution in [-0.2, 0) is 6.54 Å². The van der Waals surface area contributed by atoms with Crippen molar-refractivity contribution in [2.24, 2.45) is 5.92 Å². The number of rotatable bonds is 4. The minimum absolute atomic E-state index is 0.0854. The van der Waals surface area contributed by atoms with E-state index in [1.165, 1.54) is 15.7 Å². The number of hydrogen-bond acceptors (Lipinski definition) is 5. The molecule has 1 aliphatic rings. The molecule has 4 rings (SSSR count). The first-order valence-electron chi connectivity index (χ1n) is 8.23. The van der Waals surface area contributed by atoms with Crippen LogP contribution >= 0.6 is 11.3 Å². The van der Waals surface area contributed by atoms with E-state index < -0.39 is 11.4 Å². The van der Waals surface area contributed by atoms with Crippen molar-refractivity contribution >= 4 is 16.3 Å². The summed E-state index contributed by atoms with van der Waals surface area (Å²) in [5.41, 5.74) is 1.98. The van der Waals surface area contributed by atoms with Crippen LogP contribution in [0.1, 0.15) is 40.0 Å². The molecule has 1 fully saturated rings. The van der Waals surface area contributed by atoms with E-state index in [0.29, 0.717) is 4.96 Å². The highest BCUT2D eigenvalue weighted by Crippen LogP contribution is 2.49. The van der Waals surface area contributed by atoms with E-state index in [2.05, 4.69) is 10.1 Å². The fourth-order valence-corrected chi connectivity index (χ4v) is 4.49. The summed E-state index contributed by atoms with van der Waals surface area (Å²) in [6.45, 7) is 5.89. The topological polar surface area (TPSA) is 72.4 Å². The second kappa shape index (κ2) is 5.74. The SMILES string of the molecule is Cc1cc(C)n(Cc2nc3sc(C)c(C4CC4CO)n3c(=O)c2F)n1. The summed E-state index contributed by atoms with van der Waals surface area (Å²) < 4.78 is 17.8. The summed E-state index contributed by atoms with van der Waals surface area (Å²) >= 11 is 1.39. The van der Waals surface area contributed by atoms with Crippen molar-refractivity contribution in [3.05, 3.63) is 49.9 Å². The predicted octanol–water partition coefficient (Wildman–Crippen LogP) is 2.16. The van der Waals surface area contributed by atoms with Crippen molar-refractivity contribution in [3.8, 4) is 0 Å². The van der Waals surface area contributed by atoms with E-state index >= 15 is 0 Å². The van der Waals surface area contributed by atoms with Crippen molar-refractivity contribution in [1.82, 2.24) is 19.2 Å². The molecule has 1 aliphatic carbocycles. The maximum atomic E-state index is 14.7. The number of nitrogens with zero attached hydrogens (tertiary/aromatic N) is 4. The summed E-state index contributed by atoms with van der Waals surface area (Å²) in [5, 5.41) is 13.6. The lowest BCUT2D eigenvalue weighted by Crippen LogP contribution is -2.23. The Morgan fingerprint density at radius 2 is 2.16 bits per heavy atom. The molecule has 3 aromatic heterocycles. The summed E-state index contributed by atoms with van der Waals surface area (Å²) in [6, 6.07) is 1.90. The Morgan fingerprint density at radius 1 is 1.40 bits per heavy atom. The standard InChI is InChI=1S/C17H19FN4O2S/c1-8-4-9(2)21(20-8)6-13-14(18)16(24)22-15(12-5-11(12)7-23)10(3)25-17(22)19-13/h4,11-12,23H,5-7H2,1-3H3. The van der Waals surface area contributed by atoms with Crippen LogP contribution < -0.4 is 5.56 Å². The van der Waals surface area contributed by atoms with Crippen LogP contribution in [0.2, 0.25) is 0 Å². The van der Waals surface area contributed by atoms with Crippen LogP contribution in [0.4, 0.5) is 4.39 Å². The molecule has 2 atom stereocenters. The Balaban J connectivity index is 1.82. The summed E-state index contributed by atoms with van der Waals surface area (Å²) in [5.74, 6) is -0.564. The number of thiazole rings is 1. The lowest BCUT2D eigenvalue weighted by Gasteiger charge is -2.07. The van der Waals surface area contributed by atoms with Gasteiger partial charge in [0.15, 0.2) is 4.96 Å². The summed E-state index contributed by atoms with van der Waals surface area (Å²) in [4.78, 5) is 18.5. The van der Waals surface area contributed by atoms with Gasteiger partial charge in [0, 0.05) is 28.8 Å². The second-order valence-corrected chi connectivity index (χ2v) is 7.89. The third-order valence-corrected chi connectivity index (χ3v) is 5.80. The smallest absolute Gasteiger partial charge is 0.295 e. The Morgan fingerprint density at radius 3 is 2.76 bits per heavy atom. The van der Waals surface area contributed by atoms with Gasteiger partial charge in [-0.3, -0.25) is 13.9 Å². The van der Waals surface area contributed by atoms with E-state index in [1.807, 2.05) is 26.8 Å². The molecule has 0 spiro atoms. The lowest BCUT2D eigenvalue weighted by molar-refractivity contribution is 0.273. The average molecular weight is 362 g/mol. The number of aliphatic hydroxyl groups excluding tert-OH is 1. The Hall–Kier alpha value is -2.06. The van der Waals surface area contributed by atoms with E-state index in [-0.39, 0.29) is 30.7 Å². The highest BCUT2D eigenvalue weighted by Gasteiger charge is 2.41.